The molecule has 27 heavy (non-hydrogen) atoms. The molecule has 0 aliphatic heterocycles. The molecule has 2 aromatic carbocycles. The third-order valence-corrected chi connectivity index (χ3v) is 5.44. The van der Waals surface area contributed by atoms with E-state index in [1.807, 2.05) is 54.6 Å². The fourth-order valence-electron chi connectivity index (χ4n) is 2.27. The summed E-state index contributed by atoms with van der Waals surface area (Å²) >= 11 is 3.13. The lowest BCUT2D eigenvalue weighted by atomic mass is 10.3. The van der Waals surface area contributed by atoms with E-state index in [-0.39, 0.29) is 5.56 Å². The second kappa shape index (κ2) is 10.1. The number of H-pyrrole nitrogens is 1. The molecule has 0 atom stereocenters. The molecule has 0 fully saturated rings. The van der Waals surface area contributed by atoms with Crippen LogP contribution in [0.4, 0.5) is 0 Å². The molecule has 0 bridgehead atoms. The Kier molecular flexibility index (Phi) is 7.24. The van der Waals surface area contributed by atoms with Gasteiger partial charge < -0.3 is 14.5 Å². The minimum Gasteiger partial charge on any atom is -0.497 e. The van der Waals surface area contributed by atoms with Crippen LogP contribution >= 0.6 is 23.5 Å². The number of hydrogen-bond acceptors (Lipinski definition) is 6. The molecule has 7 heteroatoms. The van der Waals surface area contributed by atoms with Gasteiger partial charge in [-0.3, -0.25) is 4.79 Å². The van der Waals surface area contributed by atoms with Gasteiger partial charge in [-0.25, -0.2) is 4.98 Å². The van der Waals surface area contributed by atoms with Gasteiger partial charge in [0.05, 0.1) is 19.4 Å². The topological polar surface area (TPSA) is 64.2 Å². The number of ether oxygens (including phenoxy) is 2. The van der Waals surface area contributed by atoms with E-state index in [2.05, 4.69) is 9.97 Å². The highest BCUT2D eigenvalue weighted by Gasteiger charge is 2.04. The molecule has 3 rings (SSSR count). The minimum absolute atomic E-state index is 0.132. The molecule has 0 saturated carbocycles. The van der Waals surface area contributed by atoms with Gasteiger partial charge in [0.2, 0.25) is 0 Å². The third kappa shape index (κ3) is 6.37. The van der Waals surface area contributed by atoms with E-state index < -0.39 is 0 Å². The predicted molar refractivity (Wildman–Crippen MR) is 110 cm³/mol. The largest absolute Gasteiger partial charge is 0.497 e. The molecule has 0 spiro atoms. The van der Waals surface area contributed by atoms with Crippen LogP contribution in [0.5, 0.6) is 11.5 Å². The number of thioether (sulfide) groups is 2. The fourth-order valence-corrected chi connectivity index (χ4v) is 3.80. The Morgan fingerprint density at radius 2 is 1.74 bits per heavy atom. The summed E-state index contributed by atoms with van der Waals surface area (Å²) in [5.74, 6) is 2.92. The van der Waals surface area contributed by atoms with Gasteiger partial charge in [-0.2, -0.15) is 0 Å². The second-order valence-electron chi connectivity index (χ2n) is 5.52. The van der Waals surface area contributed by atoms with Crippen LogP contribution in [-0.4, -0.2) is 29.4 Å². The zero-order valence-corrected chi connectivity index (χ0v) is 16.5. The number of rotatable bonds is 9. The fraction of sp³-hybridized carbons (Fsp3) is 0.200. The zero-order chi connectivity index (χ0) is 18.9. The molecule has 3 aromatic rings. The van der Waals surface area contributed by atoms with Crippen molar-refractivity contribution in [2.24, 2.45) is 0 Å². The number of benzene rings is 2. The van der Waals surface area contributed by atoms with E-state index in [4.69, 9.17) is 9.47 Å². The molecule has 1 heterocycles. The van der Waals surface area contributed by atoms with Crippen molar-refractivity contribution in [3.05, 3.63) is 76.7 Å². The summed E-state index contributed by atoms with van der Waals surface area (Å²) in [4.78, 5) is 20.3. The molecule has 0 aliphatic rings. The van der Waals surface area contributed by atoms with Crippen LogP contribution in [0.15, 0.2) is 75.5 Å². The van der Waals surface area contributed by atoms with E-state index in [1.54, 1.807) is 24.9 Å². The van der Waals surface area contributed by atoms with Crippen molar-refractivity contribution in [2.75, 3.05) is 19.5 Å². The summed E-state index contributed by atoms with van der Waals surface area (Å²) in [5, 5.41) is 0.615. The minimum atomic E-state index is -0.132. The lowest BCUT2D eigenvalue weighted by molar-refractivity contribution is 0.342. The summed E-state index contributed by atoms with van der Waals surface area (Å²) < 4.78 is 10.8. The van der Waals surface area contributed by atoms with Crippen LogP contribution in [0.2, 0.25) is 0 Å². The monoisotopic (exact) mass is 400 g/mol. The van der Waals surface area contributed by atoms with Gasteiger partial charge >= 0.3 is 0 Å². The van der Waals surface area contributed by atoms with E-state index in [9.17, 15) is 4.79 Å². The molecule has 0 unspecified atom stereocenters. The van der Waals surface area contributed by atoms with Gasteiger partial charge in [0.25, 0.3) is 5.56 Å². The maximum atomic E-state index is 11.9. The number of aromatic amines is 1. The standard InChI is InChI=1S/C20H20N2O3S2/c1-24-16-7-9-17(10-8-16)25-11-12-26-20-21-15(13-19(23)22-20)14-27-18-5-3-2-4-6-18/h2-10,13H,11-12,14H2,1H3,(H,21,22,23). The number of nitrogens with one attached hydrogen (secondary N) is 1. The summed E-state index contributed by atoms with van der Waals surface area (Å²) in [7, 11) is 1.63. The maximum Gasteiger partial charge on any atom is 0.251 e. The van der Waals surface area contributed by atoms with Crippen molar-refractivity contribution in [3.8, 4) is 11.5 Å². The van der Waals surface area contributed by atoms with Gasteiger partial charge in [0.1, 0.15) is 11.5 Å². The number of hydrogen-bond donors (Lipinski definition) is 1. The zero-order valence-electron chi connectivity index (χ0n) is 14.9. The van der Waals surface area contributed by atoms with Crippen molar-refractivity contribution in [1.29, 1.82) is 0 Å². The molecule has 0 aliphatic carbocycles. The predicted octanol–water partition coefficient (Wildman–Crippen LogP) is 4.24. The van der Waals surface area contributed by atoms with Gasteiger partial charge in [0.15, 0.2) is 5.16 Å². The SMILES string of the molecule is COc1ccc(OCCSc2nc(CSc3ccccc3)cc(=O)[nH]2)cc1. The van der Waals surface area contributed by atoms with Crippen LogP contribution in [0.3, 0.4) is 0 Å². The van der Waals surface area contributed by atoms with Crippen LogP contribution in [0, 0.1) is 0 Å². The Hall–Kier alpha value is -2.38. The normalized spacial score (nSPS) is 10.6. The number of nitrogens with zero attached hydrogens (tertiary/aromatic N) is 1. The summed E-state index contributed by atoms with van der Waals surface area (Å²) in [6, 6.07) is 19.1. The molecular formula is C20H20N2O3S2. The molecule has 5 nitrogen and oxygen atoms in total. The molecule has 140 valence electrons. The van der Waals surface area contributed by atoms with Gasteiger partial charge in [-0.05, 0) is 36.4 Å². The van der Waals surface area contributed by atoms with Crippen molar-refractivity contribution in [1.82, 2.24) is 9.97 Å². The second-order valence-corrected chi connectivity index (χ2v) is 7.65. The van der Waals surface area contributed by atoms with Crippen LogP contribution in [0.25, 0.3) is 0 Å². The lowest BCUT2D eigenvalue weighted by Gasteiger charge is -2.07. The van der Waals surface area contributed by atoms with Crippen molar-refractivity contribution >= 4 is 23.5 Å². The smallest absolute Gasteiger partial charge is 0.251 e. The van der Waals surface area contributed by atoms with Crippen LogP contribution < -0.4 is 15.0 Å². The number of methoxy groups -OCH3 is 1. The quantitative estimate of drug-likeness (QED) is 0.329. The first-order chi connectivity index (χ1) is 13.2. The Labute approximate surface area is 166 Å². The van der Waals surface area contributed by atoms with Crippen molar-refractivity contribution < 1.29 is 9.47 Å². The first-order valence-corrected chi connectivity index (χ1v) is 10.4. The molecule has 0 amide bonds. The van der Waals surface area contributed by atoms with Crippen molar-refractivity contribution in [2.45, 2.75) is 15.8 Å². The van der Waals surface area contributed by atoms with Gasteiger partial charge in [0, 0.05) is 22.5 Å². The highest BCUT2D eigenvalue weighted by atomic mass is 32.2. The highest BCUT2D eigenvalue weighted by Crippen LogP contribution is 2.22. The van der Waals surface area contributed by atoms with E-state index in [0.29, 0.717) is 23.3 Å². The summed E-state index contributed by atoms with van der Waals surface area (Å²) in [6.07, 6.45) is 0. The Morgan fingerprint density at radius 1 is 1.00 bits per heavy atom. The maximum absolute atomic E-state index is 11.9. The number of aromatic nitrogens is 2. The first kappa shape index (κ1) is 19.4. The molecule has 1 aromatic heterocycles. The lowest BCUT2D eigenvalue weighted by Crippen LogP contribution is -2.10. The molecule has 0 saturated heterocycles. The summed E-state index contributed by atoms with van der Waals surface area (Å²) in [6.45, 7) is 0.518. The van der Waals surface area contributed by atoms with Crippen LogP contribution in [0.1, 0.15) is 5.69 Å². The average molecular weight is 401 g/mol. The van der Waals surface area contributed by atoms with Crippen molar-refractivity contribution in [3.63, 3.8) is 0 Å². The van der Waals surface area contributed by atoms with Gasteiger partial charge in [-0.1, -0.05) is 30.0 Å². The van der Waals surface area contributed by atoms with E-state index >= 15 is 0 Å². The Balaban J connectivity index is 1.49. The van der Waals surface area contributed by atoms with Gasteiger partial charge in [-0.15, -0.1) is 11.8 Å². The average Bonchev–Trinajstić information content (AvgIpc) is 2.70. The molecule has 1 N–H and O–H groups in total. The third-order valence-electron chi connectivity index (χ3n) is 3.55. The Bertz CT molecular complexity index is 899. The molecular weight excluding hydrogens is 380 g/mol. The Morgan fingerprint density at radius 3 is 2.48 bits per heavy atom. The van der Waals surface area contributed by atoms with Crippen LogP contribution in [-0.2, 0) is 5.75 Å². The van der Waals surface area contributed by atoms with E-state index in [1.165, 1.54) is 11.8 Å². The first-order valence-electron chi connectivity index (χ1n) is 8.41. The molecule has 0 radical (unpaired) electrons. The summed E-state index contributed by atoms with van der Waals surface area (Å²) in [5.41, 5.74) is 0.637. The van der Waals surface area contributed by atoms with E-state index in [0.717, 1.165) is 22.1 Å². The highest BCUT2D eigenvalue weighted by molar-refractivity contribution is 7.99.